The lowest BCUT2D eigenvalue weighted by molar-refractivity contribution is -0.126. The number of hydrogen-bond donors (Lipinski definition) is 1. The highest BCUT2D eigenvalue weighted by Crippen LogP contribution is 2.27. The number of nitrogens with zero attached hydrogens (tertiary/aromatic N) is 2. The van der Waals surface area contributed by atoms with Crippen molar-refractivity contribution in [1.82, 2.24) is 10.3 Å². The molecule has 0 radical (unpaired) electrons. The van der Waals surface area contributed by atoms with Gasteiger partial charge in [0.05, 0.1) is 5.92 Å². The molecule has 134 valence electrons. The number of carbonyl (C=O) groups is 1. The Morgan fingerprint density at radius 1 is 1.08 bits per heavy atom. The van der Waals surface area contributed by atoms with Crippen LogP contribution >= 0.6 is 0 Å². The molecule has 0 spiro atoms. The van der Waals surface area contributed by atoms with Gasteiger partial charge in [-0.1, -0.05) is 37.8 Å². The number of fused-ring (bicyclic) bond motifs is 1. The topological polar surface area (TPSA) is 58.4 Å². The minimum Gasteiger partial charge on any atom is -0.423 e. The standard InChI is InChI=1S/C20H27N3O2/c24-19(21-16-9-3-1-2-4-10-16)15-8-7-13-23(14-15)20-22-17-11-5-6-12-18(17)25-20/h5-6,11-12,15-16H,1-4,7-10,13-14H2,(H,21,24)/t15-/m0/s1. The molecule has 2 aromatic rings. The number of benzene rings is 1. The zero-order valence-electron chi connectivity index (χ0n) is 14.7. The first-order valence-corrected chi connectivity index (χ1v) is 9.70. The van der Waals surface area contributed by atoms with Gasteiger partial charge in [0.2, 0.25) is 5.91 Å². The number of anilines is 1. The van der Waals surface area contributed by atoms with Gasteiger partial charge < -0.3 is 14.6 Å². The molecule has 1 aliphatic carbocycles. The van der Waals surface area contributed by atoms with Crippen molar-refractivity contribution in [3.8, 4) is 0 Å². The Kier molecular flexibility index (Phi) is 4.90. The first-order chi connectivity index (χ1) is 12.3. The average molecular weight is 341 g/mol. The van der Waals surface area contributed by atoms with Crippen molar-refractivity contribution in [2.75, 3.05) is 18.0 Å². The zero-order valence-corrected chi connectivity index (χ0v) is 14.7. The van der Waals surface area contributed by atoms with Crippen molar-refractivity contribution >= 4 is 23.0 Å². The van der Waals surface area contributed by atoms with Crippen molar-refractivity contribution in [1.29, 1.82) is 0 Å². The molecule has 25 heavy (non-hydrogen) atoms. The lowest BCUT2D eigenvalue weighted by Crippen LogP contribution is -2.46. The summed E-state index contributed by atoms with van der Waals surface area (Å²) < 4.78 is 5.89. The predicted molar refractivity (Wildman–Crippen MR) is 98.6 cm³/mol. The first-order valence-electron chi connectivity index (χ1n) is 9.70. The van der Waals surface area contributed by atoms with Gasteiger partial charge in [-0.05, 0) is 37.8 Å². The predicted octanol–water partition coefficient (Wildman–Crippen LogP) is 3.88. The number of carbonyl (C=O) groups excluding carboxylic acids is 1. The normalized spacial score (nSPS) is 22.7. The molecule has 1 aromatic heterocycles. The summed E-state index contributed by atoms with van der Waals surface area (Å²) in [6.45, 7) is 1.60. The number of oxazole rings is 1. The fourth-order valence-electron chi connectivity index (χ4n) is 4.10. The van der Waals surface area contributed by atoms with Crippen LogP contribution < -0.4 is 10.2 Å². The molecular formula is C20H27N3O2. The molecule has 0 unspecified atom stereocenters. The first kappa shape index (κ1) is 16.4. The van der Waals surface area contributed by atoms with Crippen molar-refractivity contribution in [2.45, 2.75) is 57.4 Å². The van der Waals surface area contributed by atoms with Gasteiger partial charge in [-0.15, -0.1) is 0 Å². The van der Waals surface area contributed by atoms with E-state index in [-0.39, 0.29) is 11.8 Å². The quantitative estimate of drug-likeness (QED) is 0.861. The van der Waals surface area contributed by atoms with Crippen molar-refractivity contribution < 1.29 is 9.21 Å². The molecule has 1 saturated heterocycles. The molecule has 0 bridgehead atoms. The van der Waals surface area contributed by atoms with Crippen LogP contribution in [0.3, 0.4) is 0 Å². The molecule has 1 amide bonds. The summed E-state index contributed by atoms with van der Waals surface area (Å²) in [6, 6.07) is 8.83. The fraction of sp³-hybridized carbons (Fsp3) is 0.600. The molecule has 2 heterocycles. The van der Waals surface area contributed by atoms with E-state index in [9.17, 15) is 4.79 Å². The maximum Gasteiger partial charge on any atom is 0.298 e. The average Bonchev–Trinajstić information content (AvgIpc) is 2.92. The molecule has 2 aliphatic rings. The Balaban J connectivity index is 1.40. The van der Waals surface area contributed by atoms with Crippen molar-refractivity contribution in [2.24, 2.45) is 5.92 Å². The maximum atomic E-state index is 12.7. The Hall–Kier alpha value is -2.04. The second kappa shape index (κ2) is 7.46. The summed E-state index contributed by atoms with van der Waals surface area (Å²) in [5.41, 5.74) is 1.69. The molecule has 1 atom stereocenters. The highest BCUT2D eigenvalue weighted by atomic mass is 16.4. The third-order valence-electron chi connectivity index (χ3n) is 5.55. The minimum atomic E-state index is 0.0343. The van der Waals surface area contributed by atoms with Gasteiger partial charge in [-0.2, -0.15) is 4.98 Å². The van der Waals surface area contributed by atoms with E-state index in [0.29, 0.717) is 18.6 Å². The summed E-state index contributed by atoms with van der Waals surface area (Å²) in [6.07, 6.45) is 9.31. The minimum absolute atomic E-state index is 0.0343. The Morgan fingerprint density at radius 2 is 1.88 bits per heavy atom. The van der Waals surface area contributed by atoms with Crippen molar-refractivity contribution in [3.63, 3.8) is 0 Å². The molecule has 1 saturated carbocycles. The van der Waals surface area contributed by atoms with E-state index < -0.39 is 0 Å². The molecule has 5 heteroatoms. The van der Waals surface area contributed by atoms with Gasteiger partial charge in [0.25, 0.3) is 6.01 Å². The molecule has 5 nitrogen and oxygen atoms in total. The monoisotopic (exact) mass is 341 g/mol. The van der Waals surface area contributed by atoms with Crippen LogP contribution in [-0.2, 0) is 4.79 Å². The number of amides is 1. The second-order valence-electron chi connectivity index (χ2n) is 7.45. The van der Waals surface area contributed by atoms with E-state index in [1.807, 2.05) is 24.3 Å². The molecule has 1 N–H and O–H groups in total. The summed E-state index contributed by atoms with van der Waals surface area (Å²) in [5, 5.41) is 3.31. The summed E-state index contributed by atoms with van der Waals surface area (Å²) in [4.78, 5) is 19.5. The van der Waals surface area contributed by atoms with E-state index in [1.54, 1.807) is 0 Å². The van der Waals surface area contributed by atoms with E-state index in [1.165, 1.54) is 25.7 Å². The highest BCUT2D eigenvalue weighted by molar-refractivity contribution is 5.80. The third kappa shape index (κ3) is 3.80. The lowest BCUT2D eigenvalue weighted by Gasteiger charge is -2.31. The van der Waals surface area contributed by atoms with E-state index in [0.717, 1.165) is 43.3 Å². The Bertz CT molecular complexity index is 686. The SMILES string of the molecule is O=C(NC1CCCCCC1)[C@H]1CCCN(c2nc3ccccc3o2)C1. The molecule has 1 aliphatic heterocycles. The molecule has 4 rings (SSSR count). The summed E-state index contributed by atoms with van der Waals surface area (Å²) in [7, 11) is 0. The van der Waals surface area contributed by atoms with Gasteiger partial charge in [0.1, 0.15) is 5.52 Å². The Labute approximate surface area is 148 Å². The van der Waals surface area contributed by atoms with Crippen LogP contribution in [0, 0.1) is 5.92 Å². The van der Waals surface area contributed by atoms with Gasteiger partial charge in [0.15, 0.2) is 5.58 Å². The summed E-state index contributed by atoms with van der Waals surface area (Å²) in [5.74, 6) is 0.250. The summed E-state index contributed by atoms with van der Waals surface area (Å²) >= 11 is 0. The number of para-hydroxylation sites is 2. The second-order valence-corrected chi connectivity index (χ2v) is 7.45. The van der Waals surface area contributed by atoms with Crippen LogP contribution in [0.4, 0.5) is 6.01 Å². The smallest absolute Gasteiger partial charge is 0.298 e. The van der Waals surface area contributed by atoms with Gasteiger partial charge in [0, 0.05) is 19.1 Å². The Morgan fingerprint density at radius 3 is 2.68 bits per heavy atom. The van der Waals surface area contributed by atoms with Gasteiger partial charge in [-0.3, -0.25) is 4.79 Å². The van der Waals surface area contributed by atoms with Gasteiger partial charge in [-0.25, -0.2) is 0 Å². The number of piperidine rings is 1. The van der Waals surface area contributed by atoms with E-state index in [2.05, 4.69) is 15.2 Å². The third-order valence-corrected chi connectivity index (χ3v) is 5.55. The highest BCUT2D eigenvalue weighted by Gasteiger charge is 2.29. The number of aromatic nitrogens is 1. The van der Waals surface area contributed by atoms with Crippen LogP contribution in [0.15, 0.2) is 28.7 Å². The van der Waals surface area contributed by atoms with Crippen LogP contribution in [0.25, 0.3) is 11.1 Å². The number of rotatable bonds is 3. The van der Waals surface area contributed by atoms with Crippen LogP contribution in [0.5, 0.6) is 0 Å². The maximum absolute atomic E-state index is 12.7. The van der Waals surface area contributed by atoms with E-state index >= 15 is 0 Å². The molecule has 2 fully saturated rings. The van der Waals surface area contributed by atoms with Gasteiger partial charge >= 0.3 is 0 Å². The number of hydrogen-bond acceptors (Lipinski definition) is 4. The van der Waals surface area contributed by atoms with E-state index in [4.69, 9.17) is 4.42 Å². The van der Waals surface area contributed by atoms with Crippen molar-refractivity contribution in [3.05, 3.63) is 24.3 Å². The number of nitrogens with one attached hydrogen (secondary N) is 1. The van der Waals surface area contributed by atoms with Crippen LogP contribution in [0.1, 0.15) is 51.4 Å². The van der Waals surface area contributed by atoms with Crippen LogP contribution in [-0.4, -0.2) is 30.0 Å². The zero-order chi connectivity index (χ0) is 17.1. The lowest BCUT2D eigenvalue weighted by atomic mass is 9.96. The molecular weight excluding hydrogens is 314 g/mol. The fourth-order valence-corrected chi connectivity index (χ4v) is 4.10. The largest absolute Gasteiger partial charge is 0.423 e. The molecule has 1 aromatic carbocycles. The van der Waals surface area contributed by atoms with Crippen LogP contribution in [0.2, 0.25) is 0 Å².